The number of rotatable bonds is 4. The minimum atomic E-state index is 0.471. The van der Waals surface area contributed by atoms with Crippen molar-refractivity contribution in [2.45, 2.75) is 51.0 Å². The van der Waals surface area contributed by atoms with E-state index in [1.165, 1.54) is 18.4 Å². The van der Waals surface area contributed by atoms with Gasteiger partial charge in [-0.2, -0.15) is 19.8 Å². The van der Waals surface area contributed by atoms with E-state index in [0.717, 1.165) is 40.5 Å². The Morgan fingerprint density at radius 2 is 1.89 bits per heavy atom. The van der Waals surface area contributed by atoms with Crippen LogP contribution in [0, 0.1) is 13.8 Å². The highest BCUT2D eigenvalue weighted by Crippen LogP contribution is 2.54. The zero-order chi connectivity index (χ0) is 19.0. The van der Waals surface area contributed by atoms with E-state index < -0.39 is 0 Å². The van der Waals surface area contributed by atoms with Crippen LogP contribution in [0.2, 0.25) is 0 Å². The van der Waals surface area contributed by atoms with Crippen molar-refractivity contribution in [3.05, 3.63) is 47.2 Å². The Labute approximate surface area is 162 Å². The number of nitrogens with zero attached hydrogens (tertiary/aromatic N) is 8. The molecule has 0 saturated heterocycles. The predicted octanol–water partition coefficient (Wildman–Crippen LogP) is 2.94. The zero-order valence-corrected chi connectivity index (χ0v) is 16.2. The van der Waals surface area contributed by atoms with Gasteiger partial charge in [0.15, 0.2) is 11.5 Å². The van der Waals surface area contributed by atoms with E-state index in [-0.39, 0.29) is 0 Å². The van der Waals surface area contributed by atoms with Crippen molar-refractivity contribution in [2.24, 2.45) is 7.05 Å². The van der Waals surface area contributed by atoms with Crippen molar-refractivity contribution in [3.63, 3.8) is 0 Å². The van der Waals surface area contributed by atoms with Gasteiger partial charge in [-0.25, -0.2) is 0 Å². The molecule has 0 bridgehead atoms. The molecular weight excluding hydrogens is 352 g/mol. The first-order valence-corrected chi connectivity index (χ1v) is 9.86. The smallest absolute Gasteiger partial charge is 0.180 e. The fourth-order valence-electron chi connectivity index (χ4n) is 4.14. The average Bonchev–Trinajstić information content (AvgIpc) is 3.56. The van der Waals surface area contributed by atoms with Gasteiger partial charge in [-0.05, 0) is 62.3 Å². The summed E-state index contributed by atoms with van der Waals surface area (Å²) in [5.74, 6) is 1.79. The molecule has 2 aliphatic rings. The van der Waals surface area contributed by atoms with Crippen LogP contribution in [0.4, 0.5) is 0 Å². The molecule has 6 rings (SSSR count). The zero-order valence-electron chi connectivity index (χ0n) is 16.2. The molecule has 4 aromatic heterocycles. The van der Waals surface area contributed by atoms with Crippen LogP contribution in [0.3, 0.4) is 0 Å². The Hall–Kier alpha value is -3.03. The lowest BCUT2D eigenvalue weighted by atomic mass is 10.1. The molecule has 4 aromatic rings. The van der Waals surface area contributed by atoms with Gasteiger partial charge in [0.05, 0.1) is 23.6 Å². The van der Waals surface area contributed by atoms with Crippen molar-refractivity contribution in [2.75, 3.05) is 0 Å². The lowest BCUT2D eigenvalue weighted by Gasteiger charge is -2.04. The summed E-state index contributed by atoms with van der Waals surface area (Å²) >= 11 is 0. The molecule has 8 nitrogen and oxygen atoms in total. The maximum Gasteiger partial charge on any atom is 0.180 e. The van der Waals surface area contributed by atoms with Gasteiger partial charge in [-0.1, -0.05) is 0 Å². The molecule has 8 heteroatoms. The third kappa shape index (κ3) is 2.40. The Bertz CT molecular complexity index is 1210. The van der Waals surface area contributed by atoms with Gasteiger partial charge < -0.3 is 0 Å². The monoisotopic (exact) mass is 374 g/mol. The molecule has 4 heterocycles. The molecule has 0 radical (unpaired) electrons. The summed E-state index contributed by atoms with van der Waals surface area (Å²) in [5.41, 5.74) is 6.27. The predicted molar refractivity (Wildman–Crippen MR) is 103 cm³/mol. The van der Waals surface area contributed by atoms with E-state index in [1.54, 1.807) is 0 Å². The number of hydrogen-bond acceptors (Lipinski definition) is 5. The second-order valence-corrected chi connectivity index (χ2v) is 8.21. The first-order valence-electron chi connectivity index (χ1n) is 9.86. The second kappa shape index (κ2) is 5.50. The van der Waals surface area contributed by atoms with Crippen molar-refractivity contribution in [3.8, 4) is 11.4 Å². The number of hydrogen-bond donors (Lipinski definition) is 0. The van der Waals surface area contributed by atoms with E-state index in [0.29, 0.717) is 17.9 Å². The van der Waals surface area contributed by atoms with Gasteiger partial charge in [0.1, 0.15) is 5.69 Å². The van der Waals surface area contributed by atoms with Crippen molar-refractivity contribution < 1.29 is 0 Å². The van der Waals surface area contributed by atoms with Crippen molar-refractivity contribution >= 4 is 5.65 Å². The topological polar surface area (TPSA) is 78.7 Å². The molecule has 0 aromatic carbocycles. The van der Waals surface area contributed by atoms with Crippen molar-refractivity contribution in [1.29, 1.82) is 0 Å². The maximum absolute atomic E-state index is 4.81. The van der Waals surface area contributed by atoms with E-state index in [2.05, 4.69) is 38.3 Å². The Morgan fingerprint density at radius 1 is 1.04 bits per heavy atom. The molecule has 0 aliphatic heterocycles. The van der Waals surface area contributed by atoms with Gasteiger partial charge in [0, 0.05) is 19.2 Å². The Balaban J connectivity index is 1.31. The van der Waals surface area contributed by atoms with Gasteiger partial charge in [0.25, 0.3) is 0 Å². The average molecular weight is 374 g/mol. The fraction of sp³-hybridized carbons (Fsp3) is 0.450. The fourth-order valence-corrected chi connectivity index (χ4v) is 4.14. The quantitative estimate of drug-likeness (QED) is 0.549. The van der Waals surface area contributed by atoms with Crippen LogP contribution in [0.1, 0.15) is 59.8 Å². The molecule has 2 atom stereocenters. The summed E-state index contributed by atoms with van der Waals surface area (Å²) in [4.78, 5) is 0. The first-order chi connectivity index (χ1) is 13.6. The summed E-state index contributed by atoms with van der Waals surface area (Å²) in [5, 5.41) is 22.4. The molecule has 2 saturated carbocycles. The van der Waals surface area contributed by atoms with Crippen LogP contribution >= 0.6 is 0 Å². The molecule has 142 valence electrons. The van der Waals surface area contributed by atoms with Gasteiger partial charge in [-0.3, -0.25) is 9.36 Å². The minimum Gasteiger partial charge on any atom is -0.269 e. The molecule has 0 unspecified atom stereocenters. The van der Waals surface area contributed by atoms with Crippen LogP contribution in [-0.2, 0) is 7.05 Å². The summed E-state index contributed by atoms with van der Waals surface area (Å²) in [6, 6.07) is 4.88. The highest BCUT2D eigenvalue weighted by Gasteiger charge is 2.42. The van der Waals surface area contributed by atoms with Crippen LogP contribution < -0.4 is 0 Å². The third-order valence-corrected chi connectivity index (χ3v) is 6.01. The van der Waals surface area contributed by atoms with Crippen molar-refractivity contribution in [1.82, 2.24) is 39.4 Å². The molecule has 0 spiro atoms. The summed E-state index contributed by atoms with van der Waals surface area (Å²) in [6.45, 7) is 3.96. The van der Waals surface area contributed by atoms with Crippen LogP contribution in [0.5, 0.6) is 0 Å². The number of fused-ring (bicyclic) bond motifs is 1. The normalized spacial score (nSPS) is 21.5. The summed E-state index contributed by atoms with van der Waals surface area (Å²) in [6.07, 6.45) is 7.95. The van der Waals surface area contributed by atoms with Gasteiger partial charge in [0.2, 0.25) is 0 Å². The largest absolute Gasteiger partial charge is 0.269 e. The lowest BCUT2D eigenvalue weighted by Crippen LogP contribution is -2.02. The van der Waals surface area contributed by atoms with Crippen LogP contribution in [0.15, 0.2) is 24.5 Å². The van der Waals surface area contributed by atoms with Crippen LogP contribution in [-0.4, -0.2) is 39.4 Å². The SMILES string of the molecule is Cc1cc(-c2cc([C@@H]3C[C@H]3c3cnn(C4CC4)c3)nn2C)nn2c(C)nnc12. The van der Waals surface area contributed by atoms with E-state index in [1.807, 2.05) is 36.3 Å². The number of aromatic nitrogens is 8. The second-order valence-electron chi connectivity index (χ2n) is 8.21. The van der Waals surface area contributed by atoms with E-state index in [9.17, 15) is 0 Å². The molecule has 0 N–H and O–H groups in total. The molecule has 0 amide bonds. The summed E-state index contributed by atoms with van der Waals surface area (Å²) < 4.78 is 5.88. The first kappa shape index (κ1) is 16.0. The third-order valence-electron chi connectivity index (χ3n) is 6.01. The minimum absolute atomic E-state index is 0.471. The Morgan fingerprint density at radius 3 is 2.71 bits per heavy atom. The molecule has 2 aliphatic carbocycles. The van der Waals surface area contributed by atoms with Gasteiger partial charge in [-0.15, -0.1) is 10.2 Å². The number of aryl methyl sites for hydroxylation is 3. The lowest BCUT2D eigenvalue weighted by molar-refractivity contribution is 0.641. The standard InChI is InChI=1S/C20H22N8/c1-11-6-18(25-28-12(2)22-23-20(11)28)19-8-17(24-26(19)3)16-7-15(16)13-9-21-27(10-13)14-4-5-14/h6,8-10,14-16H,4-5,7H2,1-3H3/t15-,16+/m0/s1. The van der Waals surface area contributed by atoms with Gasteiger partial charge >= 0.3 is 0 Å². The van der Waals surface area contributed by atoms with E-state index in [4.69, 9.17) is 10.2 Å². The van der Waals surface area contributed by atoms with E-state index >= 15 is 0 Å². The highest BCUT2D eigenvalue weighted by atomic mass is 15.4. The Kier molecular flexibility index (Phi) is 3.14. The molecule has 28 heavy (non-hydrogen) atoms. The molecule has 2 fully saturated rings. The molecular formula is C20H22N8. The van der Waals surface area contributed by atoms with Crippen LogP contribution in [0.25, 0.3) is 17.0 Å². The maximum atomic E-state index is 4.81. The highest BCUT2D eigenvalue weighted by molar-refractivity contribution is 5.60. The summed E-state index contributed by atoms with van der Waals surface area (Å²) in [7, 11) is 1.99.